The number of amides is 1. The number of carbonyl (C=O) groups excluding carboxylic acids is 1. The van der Waals surface area contributed by atoms with Crippen molar-refractivity contribution >= 4 is 23.1 Å². The van der Waals surface area contributed by atoms with E-state index in [1.54, 1.807) is 0 Å². The number of nitrogens with one attached hydrogen (secondary N) is 1. The van der Waals surface area contributed by atoms with E-state index in [1.807, 2.05) is 0 Å². The molecule has 3 N–H and O–H groups in total. The molecule has 1 aliphatic rings. The van der Waals surface area contributed by atoms with E-state index in [1.165, 1.54) is 0 Å². The minimum atomic E-state index is -0.571. The highest BCUT2D eigenvalue weighted by Gasteiger charge is 2.50. The minimum Gasteiger partial charge on any atom is -0.392 e. The van der Waals surface area contributed by atoms with E-state index in [0.717, 1.165) is 19.3 Å². The molecule has 0 heterocycles. The fraction of sp³-hybridized carbons (Fsp3) is 0.846. The highest BCUT2D eigenvalue weighted by Crippen LogP contribution is 2.46. The molecule has 0 saturated heterocycles. The van der Waals surface area contributed by atoms with E-state index in [4.69, 9.17) is 18.0 Å². The Kier molecular flexibility index (Phi) is 4.18. The molecule has 0 aromatic carbocycles. The molecular formula is C13H24N2OS. The number of carbonyl (C=O) groups is 1. The van der Waals surface area contributed by atoms with Gasteiger partial charge >= 0.3 is 0 Å². The molecule has 0 aromatic heterocycles. The second-order valence-electron chi connectivity index (χ2n) is 6.16. The lowest BCUT2D eigenvalue weighted by Gasteiger charge is -2.44. The van der Waals surface area contributed by atoms with Crippen LogP contribution in [0.25, 0.3) is 0 Å². The van der Waals surface area contributed by atoms with Crippen LogP contribution in [0.1, 0.15) is 47.0 Å². The average Bonchev–Trinajstić information content (AvgIpc) is 2.20. The number of hydrogen-bond acceptors (Lipinski definition) is 2. The predicted molar refractivity (Wildman–Crippen MR) is 74.7 cm³/mol. The summed E-state index contributed by atoms with van der Waals surface area (Å²) in [6.07, 6.45) is 2.62. The van der Waals surface area contributed by atoms with Gasteiger partial charge in [-0.25, -0.2) is 0 Å². The molecule has 1 fully saturated rings. The molecule has 3 nitrogen and oxygen atoms in total. The average molecular weight is 256 g/mol. The smallest absolute Gasteiger partial charge is 0.233 e. The van der Waals surface area contributed by atoms with Gasteiger partial charge in [0.15, 0.2) is 0 Å². The zero-order valence-electron chi connectivity index (χ0n) is 11.3. The summed E-state index contributed by atoms with van der Waals surface area (Å²) in [5, 5.41) is 3.01. The van der Waals surface area contributed by atoms with Crippen LogP contribution in [0.15, 0.2) is 0 Å². The molecule has 1 saturated carbocycles. The molecule has 17 heavy (non-hydrogen) atoms. The van der Waals surface area contributed by atoms with E-state index in [0.29, 0.717) is 17.5 Å². The van der Waals surface area contributed by atoms with Gasteiger partial charge in [-0.2, -0.15) is 0 Å². The van der Waals surface area contributed by atoms with E-state index >= 15 is 0 Å². The molecule has 0 aliphatic heterocycles. The monoisotopic (exact) mass is 256 g/mol. The van der Waals surface area contributed by atoms with Gasteiger partial charge in [-0.05, 0) is 30.6 Å². The van der Waals surface area contributed by atoms with Crippen molar-refractivity contribution in [2.45, 2.75) is 47.0 Å². The number of rotatable bonds is 5. The summed E-state index contributed by atoms with van der Waals surface area (Å²) in [7, 11) is 0. The van der Waals surface area contributed by atoms with Gasteiger partial charge < -0.3 is 11.1 Å². The van der Waals surface area contributed by atoms with Gasteiger partial charge in [0.2, 0.25) is 5.91 Å². The molecule has 1 amide bonds. The van der Waals surface area contributed by atoms with Crippen molar-refractivity contribution in [3.05, 3.63) is 0 Å². The first-order valence-electron chi connectivity index (χ1n) is 6.32. The van der Waals surface area contributed by atoms with Gasteiger partial charge in [0.25, 0.3) is 0 Å². The maximum absolute atomic E-state index is 12.2. The van der Waals surface area contributed by atoms with Crippen molar-refractivity contribution in [1.29, 1.82) is 0 Å². The summed E-state index contributed by atoms with van der Waals surface area (Å²) in [6.45, 7) is 9.22. The second kappa shape index (κ2) is 4.92. The Morgan fingerprint density at radius 3 is 2.41 bits per heavy atom. The molecule has 1 aliphatic carbocycles. The Balaban J connectivity index is 2.60. The van der Waals surface area contributed by atoms with E-state index in [-0.39, 0.29) is 11.3 Å². The summed E-state index contributed by atoms with van der Waals surface area (Å²) < 4.78 is 0. The molecule has 0 unspecified atom stereocenters. The van der Waals surface area contributed by atoms with Gasteiger partial charge in [0.05, 0.1) is 10.4 Å². The molecule has 0 radical (unpaired) electrons. The molecule has 0 aromatic rings. The quantitative estimate of drug-likeness (QED) is 0.742. The normalized spacial score (nSPS) is 28.4. The van der Waals surface area contributed by atoms with Crippen LogP contribution >= 0.6 is 12.2 Å². The Hall–Kier alpha value is -0.640. The van der Waals surface area contributed by atoms with Gasteiger partial charge in [-0.3, -0.25) is 4.79 Å². The lowest BCUT2D eigenvalue weighted by Crippen LogP contribution is -2.56. The fourth-order valence-corrected chi connectivity index (χ4v) is 2.50. The molecule has 0 atom stereocenters. The Bertz CT molecular complexity index is 319. The van der Waals surface area contributed by atoms with Crippen molar-refractivity contribution in [1.82, 2.24) is 5.32 Å². The number of thiocarbonyl (C=S) groups is 1. The topological polar surface area (TPSA) is 55.1 Å². The van der Waals surface area contributed by atoms with Crippen LogP contribution in [0.5, 0.6) is 0 Å². The summed E-state index contributed by atoms with van der Waals surface area (Å²) in [5.41, 5.74) is 5.29. The van der Waals surface area contributed by atoms with Crippen molar-refractivity contribution < 1.29 is 4.79 Å². The van der Waals surface area contributed by atoms with Gasteiger partial charge in [0.1, 0.15) is 0 Å². The molecule has 1 rings (SSSR count). The van der Waals surface area contributed by atoms with Crippen LogP contribution < -0.4 is 11.1 Å². The van der Waals surface area contributed by atoms with Crippen molar-refractivity contribution in [3.63, 3.8) is 0 Å². The highest BCUT2D eigenvalue weighted by atomic mass is 32.1. The van der Waals surface area contributed by atoms with Crippen LogP contribution in [0, 0.1) is 16.7 Å². The maximum atomic E-state index is 12.2. The van der Waals surface area contributed by atoms with E-state index < -0.39 is 5.41 Å². The zero-order valence-corrected chi connectivity index (χ0v) is 12.1. The molecule has 0 spiro atoms. The van der Waals surface area contributed by atoms with Gasteiger partial charge in [-0.1, -0.05) is 39.9 Å². The summed E-state index contributed by atoms with van der Waals surface area (Å²) in [5.74, 6) is 0.561. The van der Waals surface area contributed by atoms with Crippen LogP contribution in [-0.4, -0.2) is 17.4 Å². The summed E-state index contributed by atoms with van der Waals surface area (Å²) in [4.78, 5) is 12.6. The van der Waals surface area contributed by atoms with E-state index in [9.17, 15) is 4.79 Å². The Labute approximate surface area is 110 Å². The SMILES string of the molecule is CCC(C)(C)CNC(=O)C1(C(N)=S)CC(C)C1. The minimum absolute atomic E-state index is 0.0182. The Morgan fingerprint density at radius 2 is 2.06 bits per heavy atom. The van der Waals surface area contributed by atoms with E-state index in [2.05, 4.69) is 33.0 Å². The first-order valence-corrected chi connectivity index (χ1v) is 6.72. The standard InChI is InChI=1S/C13H24N2OS/c1-5-12(3,4)8-15-11(16)13(10(14)17)6-9(2)7-13/h9H,5-8H2,1-4H3,(H2,14,17)(H,15,16). The third-order valence-corrected chi connectivity index (χ3v) is 4.38. The molecule has 4 heteroatoms. The maximum Gasteiger partial charge on any atom is 0.233 e. The summed E-state index contributed by atoms with van der Waals surface area (Å²) >= 11 is 5.06. The second-order valence-corrected chi connectivity index (χ2v) is 6.60. The first-order chi connectivity index (χ1) is 7.73. The fourth-order valence-electron chi connectivity index (χ4n) is 2.24. The van der Waals surface area contributed by atoms with Gasteiger partial charge in [0, 0.05) is 6.54 Å². The van der Waals surface area contributed by atoms with Crippen molar-refractivity contribution in [2.75, 3.05) is 6.54 Å². The zero-order chi connectivity index (χ0) is 13.3. The Morgan fingerprint density at radius 1 is 1.53 bits per heavy atom. The number of hydrogen-bond donors (Lipinski definition) is 2. The number of nitrogens with two attached hydrogens (primary N) is 1. The van der Waals surface area contributed by atoms with Crippen LogP contribution in [-0.2, 0) is 4.79 Å². The lowest BCUT2D eigenvalue weighted by atomic mass is 9.62. The predicted octanol–water partition coefficient (Wildman–Crippen LogP) is 2.24. The van der Waals surface area contributed by atoms with Crippen LogP contribution in [0.2, 0.25) is 0 Å². The third-order valence-electron chi connectivity index (χ3n) is 3.98. The third kappa shape index (κ3) is 2.97. The van der Waals surface area contributed by atoms with Crippen LogP contribution in [0.4, 0.5) is 0 Å². The van der Waals surface area contributed by atoms with Crippen molar-refractivity contribution in [3.8, 4) is 0 Å². The molecular weight excluding hydrogens is 232 g/mol. The lowest BCUT2D eigenvalue weighted by molar-refractivity contribution is -0.133. The first kappa shape index (κ1) is 14.4. The van der Waals surface area contributed by atoms with Crippen molar-refractivity contribution in [2.24, 2.45) is 22.5 Å². The highest BCUT2D eigenvalue weighted by molar-refractivity contribution is 7.80. The summed E-state index contributed by atoms with van der Waals surface area (Å²) in [6, 6.07) is 0. The molecule has 0 bridgehead atoms. The largest absolute Gasteiger partial charge is 0.392 e. The molecule has 98 valence electrons. The van der Waals surface area contributed by atoms with Gasteiger partial charge in [-0.15, -0.1) is 0 Å². The van der Waals surface area contributed by atoms with Crippen LogP contribution in [0.3, 0.4) is 0 Å².